The van der Waals surface area contributed by atoms with Gasteiger partial charge in [0, 0.05) is 18.3 Å². The zero-order valence-corrected chi connectivity index (χ0v) is 21.0. The molecule has 0 fully saturated rings. The number of aromatic nitrogens is 3. The molecule has 0 aliphatic heterocycles. The van der Waals surface area contributed by atoms with Crippen molar-refractivity contribution in [3.63, 3.8) is 0 Å². The van der Waals surface area contributed by atoms with Crippen LogP contribution in [0.1, 0.15) is 32.9 Å². The summed E-state index contributed by atoms with van der Waals surface area (Å²) >= 11 is 1.28. The molecule has 0 aliphatic rings. The van der Waals surface area contributed by atoms with E-state index in [2.05, 4.69) is 20.8 Å². The zero-order valence-electron chi connectivity index (χ0n) is 20.2. The fraction of sp³-hybridized carbons (Fsp3) is 0.333. The van der Waals surface area contributed by atoms with Crippen molar-refractivity contribution in [2.24, 2.45) is 7.05 Å². The summed E-state index contributed by atoms with van der Waals surface area (Å²) in [5.41, 5.74) is 4.50. The molecular formula is C24H29N5O4S. The molecule has 2 N–H and O–H groups in total. The molecule has 180 valence electrons. The van der Waals surface area contributed by atoms with Crippen LogP contribution in [-0.2, 0) is 18.4 Å². The minimum atomic E-state index is -0.277. The number of thioether (sulfide) groups is 1. The van der Waals surface area contributed by atoms with Crippen molar-refractivity contribution in [3.05, 3.63) is 58.4 Å². The van der Waals surface area contributed by atoms with Crippen LogP contribution in [0.3, 0.4) is 0 Å². The van der Waals surface area contributed by atoms with Gasteiger partial charge in [0.1, 0.15) is 0 Å². The topological polar surface area (TPSA) is 107 Å². The van der Waals surface area contributed by atoms with Crippen LogP contribution in [0.2, 0.25) is 0 Å². The van der Waals surface area contributed by atoms with Gasteiger partial charge in [-0.3, -0.25) is 9.59 Å². The number of ether oxygens (including phenoxy) is 2. The summed E-state index contributed by atoms with van der Waals surface area (Å²) in [6.45, 7) is 6.18. The molecule has 3 rings (SSSR count). The maximum absolute atomic E-state index is 12.5. The Labute approximate surface area is 203 Å². The van der Waals surface area contributed by atoms with Gasteiger partial charge in [0.15, 0.2) is 22.5 Å². The van der Waals surface area contributed by atoms with E-state index in [4.69, 9.17) is 9.47 Å². The van der Waals surface area contributed by atoms with E-state index in [-0.39, 0.29) is 24.1 Å². The second kappa shape index (κ2) is 11.1. The molecule has 0 radical (unpaired) electrons. The van der Waals surface area contributed by atoms with Gasteiger partial charge < -0.3 is 24.7 Å². The molecule has 0 atom stereocenters. The third kappa shape index (κ3) is 5.88. The van der Waals surface area contributed by atoms with Crippen LogP contribution < -0.4 is 20.1 Å². The van der Waals surface area contributed by atoms with E-state index in [1.807, 2.05) is 32.9 Å². The largest absolute Gasteiger partial charge is 0.493 e. The van der Waals surface area contributed by atoms with E-state index in [0.717, 1.165) is 22.4 Å². The second-order valence-corrected chi connectivity index (χ2v) is 8.76. The third-order valence-electron chi connectivity index (χ3n) is 5.25. The van der Waals surface area contributed by atoms with Crippen molar-refractivity contribution in [1.82, 2.24) is 20.1 Å². The first-order valence-electron chi connectivity index (χ1n) is 10.6. The maximum Gasteiger partial charge on any atom is 0.251 e. The first kappa shape index (κ1) is 25.1. The number of anilines is 1. The minimum absolute atomic E-state index is 0.119. The molecular weight excluding hydrogens is 454 g/mol. The number of methoxy groups -OCH3 is 2. The number of benzene rings is 2. The van der Waals surface area contributed by atoms with Gasteiger partial charge in [-0.05, 0) is 50.1 Å². The van der Waals surface area contributed by atoms with E-state index in [1.54, 1.807) is 29.8 Å². The lowest BCUT2D eigenvalue weighted by molar-refractivity contribution is -0.113. The molecule has 2 aromatic carbocycles. The molecule has 1 aromatic heterocycles. The smallest absolute Gasteiger partial charge is 0.251 e. The van der Waals surface area contributed by atoms with Crippen LogP contribution in [0.25, 0.3) is 0 Å². The van der Waals surface area contributed by atoms with Crippen molar-refractivity contribution >= 4 is 29.3 Å². The van der Waals surface area contributed by atoms with Gasteiger partial charge in [0.05, 0.1) is 26.5 Å². The van der Waals surface area contributed by atoms with Crippen LogP contribution in [-0.4, -0.2) is 46.6 Å². The highest BCUT2D eigenvalue weighted by Crippen LogP contribution is 2.27. The number of hydrogen-bond donors (Lipinski definition) is 2. The third-order valence-corrected chi connectivity index (χ3v) is 6.27. The Morgan fingerprint density at radius 2 is 1.68 bits per heavy atom. The fourth-order valence-corrected chi connectivity index (χ4v) is 4.28. The van der Waals surface area contributed by atoms with Crippen LogP contribution in [0, 0.1) is 20.8 Å². The Morgan fingerprint density at radius 3 is 2.32 bits per heavy atom. The molecule has 2 amide bonds. The van der Waals surface area contributed by atoms with Crippen LogP contribution in [0.4, 0.5) is 5.69 Å². The first-order valence-corrected chi connectivity index (χ1v) is 11.6. The summed E-state index contributed by atoms with van der Waals surface area (Å²) in [5, 5.41) is 14.7. The lowest BCUT2D eigenvalue weighted by Crippen LogP contribution is -2.24. The van der Waals surface area contributed by atoms with Gasteiger partial charge in [-0.2, -0.15) is 0 Å². The number of amides is 2. The maximum atomic E-state index is 12.5. The highest BCUT2D eigenvalue weighted by Gasteiger charge is 2.15. The summed E-state index contributed by atoms with van der Waals surface area (Å²) in [4.78, 5) is 25.0. The van der Waals surface area contributed by atoms with Gasteiger partial charge >= 0.3 is 0 Å². The Balaban J connectivity index is 1.57. The summed E-state index contributed by atoms with van der Waals surface area (Å²) in [6, 6.07) is 9.03. The van der Waals surface area contributed by atoms with Crippen molar-refractivity contribution < 1.29 is 19.1 Å². The highest BCUT2D eigenvalue weighted by molar-refractivity contribution is 7.99. The Bertz CT molecular complexity index is 1190. The van der Waals surface area contributed by atoms with Gasteiger partial charge in [0.2, 0.25) is 5.91 Å². The highest BCUT2D eigenvalue weighted by atomic mass is 32.2. The van der Waals surface area contributed by atoms with Crippen LogP contribution >= 0.6 is 11.8 Å². The van der Waals surface area contributed by atoms with Crippen molar-refractivity contribution in [2.75, 3.05) is 25.3 Å². The van der Waals surface area contributed by atoms with Crippen molar-refractivity contribution in [3.8, 4) is 11.5 Å². The number of rotatable bonds is 9. The first-order chi connectivity index (χ1) is 16.2. The summed E-state index contributed by atoms with van der Waals surface area (Å²) in [7, 11) is 4.85. The molecule has 0 aliphatic carbocycles. The predicted octanol–water partition coefficient (Wildman–Crippen LogP) is 3.42. The van der Waals surface area contributed by atoms with Crippen molar-refractivity contribution in [2.45, 2.75) is 32.5 Å². The fourth-order valence-electron chi connectivity index (χ4n) is 3.55. The molecule has 1 heterocycles. The normalized spacial score (nSPS) is 10.6. The summed E-state index contributed by atoms with van der Waals surface area (Å²) in [5.74, 6) is 1.39. The zero-order chi connectivity index (χ0) is 24.8. The number of nitrogens with one attached hydrogen (secondary N) is 2. The van der Waals surface area contributed by atoms with Gasteiger partial charge in [-0.1, -0.05) is 29.5 Å². The molecule has 0 saturated heterocycles. The summed E-state index contributed by atoms with van der Waals surface area (Å²) in [6.07, 6.45) is 0. The number of aryl methyl sites for hydroxylation is 3. The lowest BCUT2D eigenvalue weighted by atomic mass is 10.1. The molecule has 0 unspecified atom stereocenters. The number of hydrogen-bond acceptors (Lipinski definition) is 7. The number of carbonyl (C=O) groups is 2. The predicted molar refractivity (Wildman–Crippen MR) is 132 cm³/mol. The van der Waals surface area contributed by atoms with E-state index in [9.17, 15) is 9.59 Å². The molecule has 3 aromatic rings. The average Bonchev–Trinajstić information content (AvgIpc) is 3.17. The monoisotopic (exact) mass is 483 g/mol. The van der Waals surface area contributed by atoms with Crippen molar-refractivity contribution in [1.29, 1.82) is 0 Å². The molecule has 0 bridgehead atoms. The van der Waals surface area contributed by atoms with E-state index in [1.165, 1.54) is 26.0 Å². The summed E-state index contributed by atoms with van der Waals surface area (Å²) < 4.78 is 12.2. The average molecular weight is 484 g/mol. The standard InChI is InChI=1S/C24H29N5O4S/c1-14-9-15(2)22(16(3)10-14)26-21(30)13-34-24-28-27-20(29(24)4)12-25-23(31)17-7-8-18(32-5)19(11-17)33-6/h7-11H,12-13H2,1-6H3,(H,25,31)(H,26,30). The van der Waals surface area contributed by atoms with E-state index in [0.29, 0.717) is 28.0 Å². The van der Waals surface area contributed by atoms with E-state index < -0.39 is 0 Å². The van der Waals surface area contributed by atoms with Crippen LogP contribution in [0.15, 0.2) is 35.5 Å². The van der Waals surface area contributed by atoms with Crippen LogP contribution in [0.5, 0.6) is 11.5 Å². The van der Waals surface area contributed by atoms with Gasteiger partial charge in [-0.25, -0.2) is 0 Å². The Morgan fingerprint density at radius 1 is 1.00 bits per heavy atom. The Hall–Kier alpha value is -3.53. The second-order valence-electron chi connectivity index (χ2n) is 7.82. The minimum Gasteiger partial charge on any atom is -0.493 e. The molecule has 34 heavy (non-hydrogen) atoms. The lowest BCUT2D eigenvalue weighted by Gasteiger charge is -2.12. The molecule has 9 nitrogen and oxygen atoms in total. The number of carbonyl (C=O) groups excluding carboxylic acids is 2. The molecule has 0 saturated carbocycles. The quantitative estimate of drug-likeness (QED) is 0.449. The molecule has 10 heteroatoms. The molecule has 0 spiro atoms. The van der Waals surface area contributed by atoms with E-state index >= 15 is 0 Å². The number of nitrogens with zero attached hydrogens (tertiary/aromatic N) is 3. The Kier molecular flexibility index (Phi) is 8.17. The van der Waals surface area contributed by atoms with Gasteiger partial charge in [-0.15, -0.1) is 10.2 Å². The van der Waals surface area contributed by atoms with Gasteiger partial charge in [0.25, 0.3) is 5.91 Å². The SMILES string of the molecule is COc1ccc(C(=O)NCc2nnc(SCC(=O)Nc3c(C)cc(C)cc3C)n2C)cc1OC.